The van der Waals surface area contributed by atoms with E-state index in [0.29, 0.717) is 17.9 Å². The molecule has 5 nitrogen and oxygen atoms in total. The number of anilines is 1. The molecule has 0 aromatic heterocycles. The van der Waals surface area contributed by atoms with Gasteiger partial charge >= 0.3 is 5.97 Å². The van der Waals surface area contributed by atoms with Crippen LogP contribution in [-0.4, -0.2) is 32.1 Å². The highest BCUT2D eigenvalue weighted by molar-refractivity contribution is 6.10. The van der Waals surface area contributed by atoms with Crippen molar-refractivity contribution in [1.82, 2.24) is 0 Å². The van der Waals surface area contributed by atoms with Crippen molar-refractivity contribution in [1.29, 1.82) is 0 Å². The number of β-lactam (4-membered cyclic amide) rings is 1. The molecule has 1 amide bonds. The summed E-state index contributed by atoms with van der Waals surface area (Å²) >= 11 is 0. The highest BCUT2D eigenvalue weighted by Crippen LogP contribution is 2.36. The van der Waals surface area contributed by atoms with Crippen LogP contribution >= 0.6 is 0 Å². The minimum atomic E-state index is -0.604. The standard InChI is InChI=1S/C20H21NO4/c1-13-4-6-14(7-5-13)12-17-18(20(23)25-3)21(19(17)22)15-8-10-16(24-2)11-9-15/h4-11,17-18H,12H2,1-3H3/t17-,18-/m0/s1. The fourth-order valence-corrected chi connectivity index (χ4v) is 3.15. The van der Waals surface area contributed by atoms with Crippen molar-refractivity contribution in [3.63, 3.8) is 0 Å². The van der Waals surface area contributed by atoms with E-state index in [0.717, 1.165) is 11.1 Å². The summed E-state index contributed by atoms with van der Waals surface area (Å²) in [4.78, 5) is 26.5. The fourth-order valence-electron chi connectivity index (χ4n) is 3.15. The van der Waals surface area contributed by atoms with Crippen LogP contribution < -0.4 is 9.64 Å². The van der Waals surface area contributed by atoms with Crippen LogP contribution in [0.4, 0.5) is 5.69 Å². The van der Waals surface area contributed by atoms with E-state index in [1.54, 1.807) is 31.4 Å². The van der Waals surface area contributed by atoms with Crippen LogP contribution in [0, 0.1) is 12.8 Å². The Labute approximate surface area is 147 Å². The maximum atomic E-state index is 12.7. The van der Waals surface area contributed by atoms with Crippen molar-refractivity contribution in [2.45, 2.75) is 19.4 Å². The van der Waals surface area contributed by atoms with Crippen molar-refractivity contribution in [3.8, 4) is 5.75 Å². The summed E-state index contributed by atoms with van der Waals surface area (Å²) < 4.78 is 10.1. The Morgan fingerprint density at radius 2 is 1.68 bits per heavy atom. The number of amides is 1. The lowest BCUT2D eigenvalue weighted by Crippen LogP contribution is -2.65. The first-order valence-electron chi connectivity index (χ1n) is 8.15. The molecule has 1 aliphatic heterocycles. The molecular weight excluding hydrogens is 318 g/mol. The summed E-state index contributed by atoms with van der Waals surface area (Å²) in [6.07, 6.45) is 0.519. The van der Waals surface area contributed by atoms with E-state index >= 15 is 0 Å². The van der Waals surface area contributed by atoms with Gasteiger partial charge in [-0.15, -0.1) is 0 Å². The normalized spacial score (nSPS) is 19.3. The number of benzene rings is 2. The Kier molecular flexibility index (Phi) is 4.74. The predicted octanol–water partition coefficient (Wildman–Crippen LogP) is 2.75. The van der Waals surface area contributed by atoms with Crippen molar-refractivity contribution < 1.29 is 19.1 Å². The highest BCUT2D eigenvalue weighted by atomic mass is 16.5. The molecule has 2 aromatic rings. The average molecular weight is 339 g/mol. The van der Waals surface area contributed by atoms with Gasteiger partial charge in [0.1, 0.15) is 11.8 Å². The number of hydrogen-bond donors (Lipinski definition) is 0. The zero-order valence-electron chi connectivity index (χ0n) is 14.6. The summed E-state index contributed by atoms with van der Waals surface area (Å²) in [7, 11) is 2.93. The average Bonchev–Trinajstić information content (AvgIpc) is 2.65. The van der Waals surface area contributed by atoms with E-state index < -0.39 is 17.9 Å². The molecular formula is C20H21NO4. The van der Waals surface area contributed by atoms with E-state index in [9.17, 15) is 9.59 Å². The van der Waals surface area contributed by atoms with Crippen molar-refractivity contribution in [2.24, 2.45) is 5.92 Å². The summed E-state index contributed by atoms with van der Waals surface area (Å²) in [5.41, 5.74) is 2.86. The van der Waals surface area contributed by atoms with Crippen LogP contribution in [0.1, 0.15) is 11.1 Å². The molecule has 5 heteroatoms. The third kappa shape index (κ3) is 3.22. The number of ether oxygens (including phenoxy) is 2. The Morgan fingerprint density at radius 1 is 1.04 bits per heavy atom. The van der Waals surface area contributed by atoms with Gasteiger partial charge in [0.2, 0.25) is 5.91 Å². The molecule has 130 valence electrons. The number of carbonyl (C=O) groups excluding carboxylic acids is 2. The monoisotopic (exact) mass is 339 g/mol. The Hall–Kier alpha value is -2.82. The van der Waals surface area contributed by atoms with Crippen molar-refractivity contribution in [2.75, 3.05) is 19.1 Å². The van der Waals surface area contributed by atoms with Gasteiger partial charge in [0.25, 0.3) is 0 Å². The van der Waals surface area contributed by atoms with Crippen molar-refractivity contribution >= 4 is 17.6 Å². The SMILES string of the molecule is COC(=O)[C@@H]1[C@H](Cc2ccc(C)cc2)C(=O)N1c1ccc(OC)cc1. The molecule has 25 heavy (non-hydrogen) atoms. The molecule has 0 unspecified atom stereocenters. The zero-order chi connectivity index (χ0) is 18.0. The molecule has 2 atom stereocenters. The molecule has 0 radical (unpaired) electrons. The number of carbonyl (C=O) groups is 2. The molecule has 1 heterocycles. The Morgan fingerprint density at radius 3 is 2.24 bits per heavy atom. The Balaban J connectivity index is 1.83. The first kappa shape index (κ1) is 17.0. The Bertz CT molecular complexity index is 767. The van der Waals surface area contributed by atoms with Gasteiger partial charge in [-0.3, -0.25) is 9.69 Å². The van der Waals surface area contributed by atoms with Crippen LogP contribution in [0.3, 0.4) is 0 Å². The van der Waals surface area contributed by atoms with E-state index in [1.807, 2.05) is 31.2 Å². The molecule has 1 aliphatic rings. The second kappa shape index (κ2) is 6.97. The lowest BCUT2D eigenvalue weighted by Gasteiger charge is -2.45. The molecule has 0 N–H and O–H groups in total. The second-order valence-electron chi connectivity index (χ2n) is 6.17. The van der Waals surface area contributed by atoms with Gasteiger partial charge in [0, 0.05) is 5.69 Å². The van der Waals surface area contributed by atoms with E-state index in [4.69, 9.17) is 9.47 Å². The lowest BCUT2D eigenvalue weighted by molar-refractivity contribution is -0.152. The van der Waals surface area contributed by atoms with Crippen molar-refractivity contribution in [3.05, 3.63) is 59.7 Å². The highest BCUT2D eigenvalue weighted by Gasteiger charge is 2.52. The number of hydrogen-bond acceptors (Lipinski definition) is 4. The third-order valence-corrected chi connectivity index (χ3v) is 4.58. The molecule has 0 saturated carbocycles. The smallest absolute Gasteiger partial charge is 0.329 e. The van der Waals surface area contributed by atoms with Gasteiger partial charge < -0.3 is 9.47 Å². The number of esters is 1. The van der Waals surface area contributed by atoms with Gasteiger partial charge in [-0.05, 0) is 43.2 Å². The molecule has 0 spiro atoms. The maximum Gasteiger partial charge on any atom is 0.329 e. The first-order valence-corrected chi connectivity index (χ1v) is 8.15. The third-order valence-electron chi connectivity index (χ3n) is 4.58. The predicted molar refractivity (Wildman–Crippen MR) is 94.7 cm³/mol. The van der Waals surface area contributed by atoms with Crippen LogP contribution in [0.5, 0.6) is 5.75 Å². The number of nitrogens with zero attached hydrogens (tertiary/aromatic N) is 1. The van der Waals surface area contributed by atoms with Crippen LogP contribution in [0.2, 0.25) is 0 Å². The van der Waals surface area contributed by atoms with E-state index in [2.05, 4.69) is 0 Å². The molecule has 0 aliphatic carbocycles. The maximum absolute atomic E-state index is 12.7. The summed E-state index contributed by atoms with van der Waals surface area (Å²) in [5.74, 6) is -0.173. The second-order valence-corrected chi connectivity index (χ2v) is 6.17. The minimum absolute atomic E-state index is 0.0684. The molecule has 0 bridgehead atoms. The molecule has 1 fully saturated rings. The van der Waals surface area contributed by atoms with E-state index in [-0.39, 0.29) is 5.91 Å². The van der Waals surface area contributed by atoms with Gasteiger partial charge in [0.05, 0.1) is 20.1 Å². The minimum Gasteiger partial charge on any atom is -0.497 e. The molecule has 2 aromatic carbocycles. The van der Waals surface area contributed by atoms with Gasteiger partial charge in [-0.2, -0.15) is 0 Å². The first-order chi connectivity index (χ1) is 12.0. The van der Waals surface area contributed by atoms with E-state index in [1.165, 1.54) is 12.0 Å². The van der Waals surface area contributed by atoms with Crippen LogP contribution in [-0.2, 0) is 20.7 Å². The largest absolute Gasteiger partial charge is 0.497 e. The van der Waals surface area contributed by atoms with Crippen LogP contribution in [0.15, 0.2) is 48.5 Å². The summed E-state index contributed by atoms with van der Waals surface area (Å²) in [6.45, 7) is 2.01. The topological polar surface area (TPSA) is 55.8 Å². The lowest BCUT2D eigenvalue weighted by atomic mass is 9.81. The van der Waals surface area contributed by atoms with Crippen LogP contribution in [0.25, 0.3) is 0 Å². The number of rotatable bonds is 5. The zero-order valence-corrected chi connectivity index (χ0v) is 14.6. The van der Waals surface area contributed by atoms with Gasteiger partial charge in [-0.25, -0.2) is 4.79 Å². The molecule has 3 rings (SSSR count). The number of aryl methyl sites for hydroxylation is 1. The van der Waals surface area contributed by atoms with Gasteiger partial charge in [-0.1, -0.05) is 29.8 Å². The number of methoxy groups -OCH3 is 2. The summed E-state index contributed by atoms with van der Waals surface area (Å²) in [5, 5.41) is 0. The summed E-state index contributed by atoms with van der Waals surface area (Å²) in [6, 6.07) is 14.5. The molecule has 1 saturated heterocycles. The quantitative estimate of drug-likeness (QED) is 0.621. The van der Waals surface area contributed by atoms with Gasteiger partial charge in [0.15, 0.2) is 0 Å². The fraction of sp³-hybridized carbons (Fsp3) is 0.300.